The monoisotopic (exact) mass is 432 g/mol. The van der Waals surface area contributed by atoms with E-state index in [1.165, 1.54) is 0 Å². The lowest BCUT2D eigenvalue weighted by Gasteiger charge is -2.35. The predicted octanol–water partition coefficient (Wildman–Crippen LogP) is 4.00. The summed E-state index contributed by atoms with van der Waals surface area (Å²) in [6.45, 7) is 8.69. The molecule has 0 bridgehead atoms. The molecule has 0 unspecified atom stereocenters. The Morgan fingerprint density at radius 2 is 1.60 bits per heavy atom. The summed E-state index contributed by atoms with van der Waals surface area (Å²) in [5, 5.41) is 0. The first-order valence-corrected chi connectivity index (χ1v) is 11.9. The Morgan fingerprint density at radius 1 is 0.967 bits per heavy atom. The molecule has 1 aliphatic heterocycles. The number of benzene rings is 2. The van der Waals surface area contributed by atoms with Crippen molar-refractivity contribution in [1.82, 2.24) is 4.31 Å². The normalized spacial score (nSPS) is 15.3. The summed E-state index contributed by atoms with van der Waals surface area (Å²) in [5.41, 5.74) is 3.06. The van der Waals surface area contributed by atoms with E-state index in [-0.39, 0.29) is 4.90 Å². The van der Waals surface area contributed by atoms with E-state index < -0.39 is 10.0 Å². The third-order valence-electron chi connectivity index (χ3n) is 5.61. The van der Waals surface area contributed by atoms with Crippen LogP contribution in [0.5, 0.6) is 11.5 Å². The molecule has 7 heteroatoms. The third-order valence-corrected chi connectivity index (χ3v) is 7.53. The van der Waals surface area contributed by atoms with Gasteiger partial charge in [-0.3, -0.25) is 0 Å². The molecule has 164 valence electrons. The van der Waals surface area contributed by atoms with E-state index in [1.54, 1.807) is 17.5 Å². The largest absolute Gasteiger partial charge is 0.497 e. The molecule has 0 spiro atoms. The second-order valence-electron chi connectivity index (χ2n) is 7.67. The summed E-state index contributed by atoms with van der Waals surface area (Å²) in [5.74, 6) is 1.27. The smallest absolute Gasteiger partial charge is 0.246 e. The van der Waals surface area contributed by atoms with Gasteiger partial charge >= 0.3 is 0 Å². The van der Waals surface area contributed by atoms with Gasteiger partial charge in [-0.25, -0.2) is 8.42 Å². The Labute approximate surface area is 180 Å². The number of unbranched alkanes of at least 4 members (excludes halogenated alkanes) is 1. The lowest BCUT2D eigenvalue weighted by atomic mass is 10.1. The van der Waals surface area contributed by atoms with Crippen LogP contribution >= 0.6 is 0 Å². The minimum atomic E-state index is -3.62. The van der Waals surface area contributed by atoms with Crippen LogP contribution in [-0.4, -0.2) is 52.6 Å². The van der Waals surface area contributed by atoms with E-state index in [2.05, 4.69) is 11.8 Å². The molecule has 1 aliphatic rings. The summed E-state index contributed by atoms with van der Waals surface area (Å²) < 4.78 is 39.5. The van der Waals surface area contributed by atoms with Crippen LogP contribution in [0.25, 0.3) is 0 Å². The van der Waals surface area contributed by atoms with Crippen LogP contribution in [-0.2, 0) is 10.0 Å². The third kappa shape index (κ3) is 4.90. The van der Waals surface area contributed by atoms with E-state index in [1.807, 2.05) is 44.2 Å². The van der Waals surface area contributed by atoms with Crippen LogP contribution in [0, 0.1) is 13.8 Å². The number of aryl methyl sites for hydroxylation is 2. The average molecular weight is 433 g/mol. The van der Waals surface area contributed by atoms with Crippen molar-refractivity contribution in [1.29, 1.82) is 0 Å². The molecule has 2 aromatic rings. The number of nitrogens with zero attached hydrogens (tertiary/aromatic N) is 2. The second-order valence-corrected chi connectivity index (χ2v) is 9.58. The molecule has 0 atom stereocenters. The Bertz CT molecular complexity index is 950. The zero-order valence-electron chi connectivity index (χ0n) is 18.3. The molecular weight excluding hydrogens is 400 g/mol. The van der Waals surface area contributed by atoms with Gasteiger partial charge in [0.15, 0.2) is 0 Å². The van der Waals surface area contributed by atoms with Crippen molar-refractivity contribution in [2.75, 3.05) is 44.8 Å². The predicted molar refractivity (Wildman–Crippen MR) is 120 cm³/mol. The van der Waals surface area contributed by atoms with Gasteiger partial charge in [0, 0.05) is 31.9 Å². The van der Waals surface area contributed by atoms with Crippen molar-refractivity contribution in [2.45, 2.75) is 38.5 Å². The summed E-state index contributed by atoms with van der Waals surface area (Å²) in [6.07, 6.45) is 1.90. The molecule has 0 N–H and O–H groups in total. The molecule has 6 nitrogen and oxygen atoms in total. The fraction of sp³-hybridized carbons (Fsp3) is 0.478. The van der Waals surface area contributed by atoms with Gasteiger partial charge in [-0.05, 0) is 67.8 Å². The van der Waals surface area contributed by atoms with Gasteiger partial charge in [0.25, 0.3) is 0 Å². The standard InChI is InChI=1S/C23H32N2O4S/c1-5-6-15-29-22-16-18(2)19(3)17-23(22)30(26,27)25-13-11-24(12-14-25)20-7-9-21(28-4)10-8-20/h7-10,16-17H,5-6,11-15H2,1-4H3. The van der Waals surface area contributed by atoms with Crippen LogP contribution in [0.2, 0.25) is 0 Å². The maximum Gasteiger partial charge on any atom is 0.246 e. The molecule has 1 saturated heterocycles. The summed E-state index contributed by atoms with van der Waals surface area (Å²) in [4.78, 5) is 2.48. The highest BCUT2D eigenvalue weighted by Crippen LogP contribution is 2.31. The fourth-order valence-electron chi connectivity index (χ4n) is 3.52. The van der Waals surface area contributed by atoms with E-state index in [4.69, 9.17) is 9.47 Å². The number of methoxy groups -OCH3 is 1. The topological polar surface area (TPSA) is 59.1 Å². The van der Waals surface area contributed by atoms with Crippen molar-refractivity contribution in [2.24, 2.45) is 0 Å². The minimum Gasteiger partial charge on any atom is -0.497 e. The van der Waals surface area contributed by atoms with E-state index in [0.29, 0.717) is 38.5 Å². The molecule has 2 aromatic carbocycles. The van der Waals surface area contributed by atoms with Crippen molar-refractivity contribution in [3.8, 4) is 11.5 Å². The summed E-state index contributed by atoms with van der Waals surface area (Å²) in [6, 6.07) is 11.5. The molecule has 0 aliphatic carbocycles. The number of piperazine rings is 1. The van der Waals surface area contributed by atoms with Gasteiger partial charge < -0.3 is 14.4 Å². The number of hydrogen-bond donors (Lipinski definition) is 0. The maximum atomic E-state index is 13.4. The first-order chi connectivity index (χ1) is 14.4. The summed E-state index contributed by atoms with van der Waals surface area (Å²) >= 11 is 0. The number of anilines is 1. The molecule has 0 amide bonds. The number of sulfonamides is 1. The Kier molecular flexibility index (Phi) is 7.26. The molecular formula is C23H32N2O4S. The molecule has 0 radical (unpaired) electrons. The molecule has 30 heavy (non-hydrogen) atoms. The molecule has 1 fully saturated rings. The highest BCUT2D eigenvalue weighted by Gasteiger charge is 2.31. The molecule has 1 heterocycles. The number of rotatable bonds is 8. The fourth-order valence-corrected chi connectivity index (χ4v) is 5.14. The van der Waals surface area contributed by atoms with Crippen LogP contribution in [0.3, 0.4) is 0 Å². The van der Waals surface area contributed by atoms with E-state index >= 15 is 0 Å². The van der Waals surface area contributed by atoms with Crippen molar-refractivity contribution in [3.05, 3.63) is 47.5 Å². The van der Waals surface area contributed by atoms with Crippen molar-refractivity contribution in [3.63, 3.8) is 0 Å². The average Bonchev–Trinajstić information content (AvgIpc) is 2.76. The maximum absolute atomic E-state index is 13.4. The first-order valence-electron chi connectivity index (χ1n) is 10.5. The Morgan fingerprint density at radius 3 is 2.20 bits per heavy atom. The van der Waals surface area contributed by atoms with Crippen LogP contribution < -0.4 is 14.4 Å². The summed E-state index contributed by atoms with van der Waals surface area (Å²) in [7, 11) is -1.98. The number of ether oxygens (including phenoxy) is 2. The molecule has 3 rings (SSSR count). The lowest BCUT2D eigenvalue weighted by molar-refractivity contribution is 0.299. The van der Waals surface area contributed by atoms with Gasteiger partial charge in [-0.2, -0.15) is 4.31 Å². The minimum absolute atomic E-state index is 0.277. The van der Waals surface area contributed by atoms with Crippen molar-refractivity contribution < 1.29 is 17.9 Å². The van der Waals surface area contributed by atoms with Gasteiger partial charge in [0.05, 0.1) is 13.7 Å². The molecule has 0 aromatic heterocycles. The van der Waals surface area contributed by atoms with Gasteiger partial charge in [-0.15, -0.1) is 0 Å². The highest BCUT2D eigenvalue weighted by atomic mass is 32.2. The Balaban J connectivity index is 1.76. The quantitative estimate of drug-likeness (QED) is 0.590. The van der Waals surface area contributed by atoms with Crippen molar-refractivity contribution >= 4 is 15.7 Å². The van der Waals surface area contributed by atoms with Crippen LogP contribution in [0.1, 0.15) is 30.9 Å². The second kappa shape index (κ2) is 9.71. The van der Waals surface area contributed by atoms with Gasteiger partial charge in [0.2, 0.25) is 10.0 Å². The van der Waals surface area contributed by atoms with E-state index in [0.717, 1.165) is 35.4 Å². The Hall–Kier alpha value is -2.25. The van der Waals surface area contributed by atoms with E-state index in [9.17, 15) is 8.42 Å². The van der Waals surface area contributed by atoms with Gasteiger partial charge in [-0.1, -0.05) is 13.3 Å². The number of hydrogen-bond acceptors (Lipinski definition) is 5. The molecule has 0 saturated carbocycles. The van der Waals surface area contributed by atoms with Crippen LogP contribution in [0.15, 0.2) is 41.3 Å². The zero-order chi connectivity index (χ0) is 21.7. The SMILES string of the molecule is CCCCOc1cc(C)c(C)cc1S(=O)(=O)N1CCN(c2ccc(OC)cc2)CC1. The van der Waals surface area contributed by atoms with Crippen LogP contribution in [0.4, 0.5) is 5.69 Å². The zero-order valence-corrected chi connectivity index (χ0v) is 19.2. The lowest BCUT2D eigenvalue weighted by Crippen LogP contribution is -2.48. The highest BCUT2D eigenvalue weighted by molar-refractivity contribution is 7.89. The van der Waals surface area contributed by atoms with Gasteiger partial charge in [0.1, 0.15) is 16.4 Å². The first kappa shape index (κ1) is 22.4.